The third-order valence-electron chi connectivity index (χ3n) is 5.40. The first-order valence-electron chi connectivity index (χ1n) is 10.6. The van der Waals surface area contributed by atoms with E-state index in [2.05, 4.69) is 10.3 Å². The predicted molar refractivity (Wildman–Crippen MR) is 130 cm³/mol. The van der Waals surface area contributed by atoms with Gasteiger partial charge in [-0.3, -0.25) is 4.79 Å². The van der Waals surface area contributed by atoms with Crippen molar-refractivity contribution in [3.63, 3.8) is 0 Å². The monoisotopic (exact) mass is 505 g/mol. The van der Waals surface area contributed by atoms with Crippen LogP contribution in [0.15, 0.2) is 58.8 Å². The summed E-state index contributed by atoms with van der Waals surface area (Å²) in [7, 11) is -3.69. The Kier molecular flexibility index (Phi) is 7.33. The maximum absolute atomic E-state index is 13.0. The molecule has 10 heteroatoms. The lowest BCUT2D eigenvalue weighted by atomic mass is 9.99. The standard InChI is InChI=1S/C23H24ClN3O4S2/c1-2-31-19-9-5-16(6-10-19)21-15-32-23(25-21)26-22(28)17-4-3-13-27(14-17)33(29,30)20-11-7-18(24)8-12-20/h5-12,15,17H,2-4,13-14H2,1H3,(H,25,26,28). The maximum atomic E-state index is 13.0. The summed E-state index contributed by atoms with van der Waals surface area (Å²) >= 11 is 7.21. The van der Waals surface area contributed by atoms with E-state index in [1.54, 1.807) is 12.1 Å². The second-order valence-corrected chi connectivity index (χ2v) is 10.9. The Bertz CT molecular complexity index is 1210. The van der Waals surface area contributed by atoms with E-state index in [0.29, 0.717) is 36.1 Å². The molecule has 1 saturated heterocycles. The van der Waals surface area contributed by atoms with E-state index in [4.69, 9.17) is 16.3 Å². The summed E-state index contributed by atoms with van der Waals surface area (Å²) in [6.45, 7) is 3.05. The Morgan fingerprint density at radius 2 is 1.94 bits per heavy atom. The summed E-state index contributed by atoms with van der Waals surface area (Å²) in [4.78, 5) is 17.6. The molecule has 3 aromatic rings. The predicted octanol–water partition coefficient (Wildman–Crippen LogP) is 4.90. The van der Waals surface area contributed by atoms with Crippen molar-refractivity contribution in [2.75, 3.05) is 25.0 Å². The number of benzene rings is 2. The second kappa shape index (κ2) is 10.2. The van der Waals surface area contributed by atoms with Crippen LogP contribution in [0.3, 0.4) is 0 Å². The normalized spacial score (nSPS) is 17.0. The minimum absolute atomic E-state index is 0.133. The van der Waals surface area contributed by atoms with Gasteiger partial charge in [0.05, 0.1) is 23.1 Å². The number of nitrogens with one attached hydrogen (secondary N) is 1. The van der Waals surface area contributed by atoms with E-state index in [1.807, 2.05) is 36.6 Å². The molecule has 1 unspecified atom stereocenters. The summed E-state index contributed by atoms with van der Waals surface area (Å²) in [6, 6.07) is 13.7. The molecule has 0 saturated carbocycles. The van der Waals surface area contributed by atoms with Crippen LogP contribution in [0.1, 0.15) is 19.8 Å². The minimum atomic E-state index is -3.69. The zero-order valence-corrected chi connectivity index (χ0v) is 20.4. The average molecular weight is 506 g/mol. The Labute approximate surface area is 202 Å². The van der Waals surface area contributed by atoms with Gasteiger partial charge in [0.25, 0.3) is 0 Å². The molecule has 0 radical (unpaired) electrons. The van der Waals surface area contributed by atoms with Crippen LogP contribution in [-0.2, 0) is 14.8 Å². The van der Waals surface area contributed by atoms with Gasteiger partial charge in [0.15, 0.2) is 5.13 Å². The molecule has 1 N–H and O–H groups in total. The third-order valence-corrected chi connectivity index (χ3v) is 8.29. The largest absolute Gasteiger partial charge is 0.494 e. The van der Waals surface area contributed by atoms with E-state index in [9.17, 15) is 13.2 Å². The average Bonchev–Trinajstić information content (AvgIpc) is 3.28. The molecule has 33 heavy (non-hydrogen) atoms. The number of hydrogen-bond donors (Lipinski definition) is 1. The lowest BCUT2D eigenvalue weighted by Gasteiger charge is -2.31. The molecule has 4 rings (SSSR count). The number of anilines is 1. The van der Waals surface area contributed by atoms with Crippen molar-refractivity contribution in [2.24, 2.45) is 5.92 Å². The highest BCUT2D eigenvalue weighted by Crippen LogP contribution is 2.29. The molecular formula is C23H24ClN3O4S2. The highest BCUT2D eigenvalue weighted by molar-refractivity contribution is 7.89. The number of sulfonamides is 1. The van der Waals surface area contributed by atoms with Crippen molar-refractivity contribution in [1.82, 2.24) is 9.29 Å². The number of piperidine rings is 1. The van der Waals surface area contributed by atoms with Gasteiger partial charge in [-0.15, -0.1) is 11.3 Å². The quantitative estimate of drug-likeness (QED) is 0.493. The summed E-state index contributed by atoms with van der Waals surface area (Å²) in [6.07, 6.45) is 1.23. The highest BCUT2D eigenvalue weighted by atomic mass is 35.5. The summed E-state index contributed by atoms with van der Waals surface area (Å²) in [5.41, 5.74) is 1.68. The molecular weight excluding hydrogens is 482 g/mol. The van der Waals surface area contributed by atoms with E-state index >= 15 is 0 Å². The number of nitrogens with zero attached hydrogens (tertiary/aromatic N) is 2. The van der Waals surface area contributed by atoms with Crippen LogP contribution in [0.4, 0.5) is 5.13 Å². The maximum Gasteiger partial charge on any atom is 0.243 e. The van der Waals surface area contributed by atoms with Gasteiger partial charge in [0.1, 0.15) is 5.75 Å². The lowest BCUT2D eigenvalue weighted by Crippen LogP contribution is -2.43. The van der Waals surface area contributed by atoms with Crippen LogP contribution in [0.2, 0.25) is 5.02 Å². The van der Waals surface area contributed by atoms with Gasteiger partial charge in [-0.1, -0.05) is 11.6 Å². The fourth-order valence-electron chi connectivity index (χ4n) is 3.69. The van der Waals surface area contributed by atoms with Gasteiger partial charge < -0.3 is 10.1 Å². The number of carbonyl (C=O) groups is 1. The van der Waals surface area contributed by atoms with E-state index < -0.39 is 15.9 Å². The van der Waals surface area contributed by atoms with Crippen LogP contribution in [-0.4, -0.2) is 43.3 Å². The molecule has 1 aliphatic rings. The van der Waals surface area contributed by atoms with Crippen LogP contribution < -0.4 is 10.1 Å². The van der Waals surface area contributed by atoms with Gasteiger partial charge in [-0.05, 0) is 68.3 Å². The summed E-state index contributed by atoms with van der Waals surface area (Å²) in [5.74, 6) is 0.123. The molecule has 2 heterocycles. The van der Waals surface area contributed by atoms with E-state index in [1.165, 1.54) is 27.8 Å². The van der Waals surface area contributed by atoms with E-state index in [0.717, 1.165) is 17.0 Å². The first-order chi connectivity index (χ1) is 15.9. The molecule has 1 amide bonds. The third kappa shape index (κ3) is 5.55. The number of hydrogen-bond acceptors (Lipinski definition) is 6. The first-order valence-corrected chi connectivity index (χ1v) is 13.3. The van der Waals surface area contributed by atoms with E-state index in [-0.39, 0.29) is 17.3 Å². The van der Waals surface area contributed by atoms with Crippen molar-refractivity contribution in [2.45, 2.75) is 24.7 Å². The molecule has 1 aromatic heterocycles. The second-order valence-electron chi connectivity index (χ2n) is 7.64. The van der Waals surface area contributed by atoms with Crippen LogP contribution in [0, 0.1) is 5.92 Å². The number of amides is 1. The van der Waals surface area contributed by atoms with Crippen molar-refractivity contribution < 1.29 is 17.9 Å². The van der Waals surface area contributed by atoms with Crippen LogP contribution in [0.25, 0.3) is 11.3 Å². The molecule has 174 valence electrons. The molecule has 1 aliphatic heterocycles. The SMILES string of the molecule is CCOc1ccc(-c2csc(NC(=O)C3CCCN(S(=O)(=O)c4ccc(Cl)cc4)C3)n2)cc1. The van der Waals surface area contributed by atoms with Crippen molar-refractivity contribution in [1.29, 1.82) is 0 Å². The minimum Gasteiger partial charge on any atom is -0.494 e. The fourth-order valence-corrected chi connectivity index (χ4v) is 6.06. The fraction of sp³-hybridized carbons (Fsp3) is 0.304. The number of rotatable bonds is 7. The number of halogens is 1. The van der Waals surface area contributed by atoms with Gasteiger partial charge in [-0.2, -0.15) is 4.31 Å². The summed E-state index contributed by atoms with van der Waals surface area (Å²) in [5, 5.41) is 5.69. The van der Waals surface area contributed by atoms with Crippen molar-refractivity contribution in [3.8, 4) is 17.0 Å². The Morgan fingerprint density at radius 3 is 2.64 bits per heavy atom. The molecule has 0 bridgehead atoms. The number of ether oxygens (including phenoxy) is 1. The molecule has 0 aliphatic carbocycles. The molecule has 7 nitrogen and oxygen atoms in total. The van der Waals surface area contributed by atoms with Crippen molar-refractivity contribution in [3.05, 3.63) is 58.9 Å². The van der Waals surface area contributed by atoms with Gasteiger partial charge in [-0.25, -0.2) is 13.4 Å². The van der Waals surface area contributed by atoms with Crippen LogP contribution >= 0.6 is 22.9 Å². The zero-order valence-electron chi connectivity index (χ0n) is 18.0. The Morgan fingerprint density at radius 1 is 1.21 bits per heavy atom. The lowest BCUT2D eigenvalue weighted by molar-refractivity contribution is -0.120. The van der Waals surface area contributed by atoms with Crippen molar-refractivity contribution >= 4 is 44.0 Å². The number of thiazole rings is 1. The topological polar surface area (TPSA) is 88.6 Å². The number of aromatic nitrogens is 1. The Balaban J connectivity index is 1.41. The smallest absolute Gasteiger partial charge is 0.243 e. The molecule has 1 atom stereocenters. The van der Waals surface area contributed by atoms with Gasteiger partial charge >= 0.3 is 0 Å². The highest BCUT2D eigenvalue weighted by Gasteiger charge is 2.33. The van der Waals surface area contributed by atoms with Gasteiger partial charge in [0, 0.05) is 29.1 Å². The molecule has 1 fully saturated rings. The summed E-state index contributed by atoms with van der Waals surface area (Å²) < 4.78 is 32.8. The number of carbonyl (C=O) groups excluding carboxylic acids is 1. The van der Waals surface area contributed by atoms with Crippen LogP contribution in [0.5, 0.6) is 5.75 Å². The van der Waals surface area contributed by atoms with Gasteiger partial charge in [0.2, 0.25) is 15.9 Å². The zero-order chi connectivity index (χ0) is 23.4. The Hall–Kier alpha value is -2.46. The molecule has 2 aromatic carbocycles. The first kappa shape index (κ1) is 23.7. The molecule has 0 spiro atoms.